The lowest BCUT2D eigenvalue weighted by molar-refractivity contribution is 0.113. The van der Waals surface area contributed by atoms with Crippen molar-refractivity contribution < 1.29 is 5.11 Å². The SMILES string of the molecule is OC1(C2CCCCS2)CCCCS1. The first-order chi connectivity index (χ1) is 6.31. The van der Waals surface area contributed by atoms with E-state index < -0.39 is 0 Å². The summed E-state index contributed by atoms with van der Waals surface area (Å²) in [7, 11) is 0. The molecule has 2 aliphatic rings. The Morgan fingerprint density at radius 3 is 2.54 bits per heavy atom. The van der Waals surface area contributed by atoms with E-state index in [4.69, 9.17) is 0 Å². The molecule has 76 valence electrons. The van der Waals surface area contributed by atoms with E-state index in [2.05, 4.69) is 0 Å². The minimum Gasteiger partial charge on any atom is -0.378 e. The molecule has 0 radical (unpaired) electrons. The van der Waals surface area contributed by atoms with Gasteiger partial charge in [0.2, 0.25) is 0 Å². The maximum absolute atomic E-state index is 10.4. The van der Waals surface area contributed by atoms with Gasteiger partial charge in [-0.1, -0.05) is 6.42 Å². The van der Waals surface area contributed by atoms with Gasteiger partial charge in [-0.05, 0) is 43.6 Å². The smallest absolute Gasteiger partial charge is 0.122 e. The summed E-state index contributed by atoms with van der Waals surface area (Å²) in [5.74, 6) is 2.42. The van der Waals surface area contributed by atoms with Gasteiger partial charge in [0, 0.05) is 5.25 Å². The number of rotatable bonds is 1. The molecule has 2 saturated heterocycles. The largest absolute Gasteiger partial charge is 0.378 e. The number of aliphatic hydroxyl groups is 1. The Balaban J connectivity index is 1.94. The summed E-state index contributed by atoms with van der Waals surface area (Å²) in [4.78, 5) is -0.372. The Morgan fingerprint density at radius 2 is 1.92 bits per heavy atom. The molecule has 0 amide bonds. The maximum atomic E-state index is 10.4. The van der Waals surface area contributed by atoms with Crippen LogP contribution >= 0.6 is 23.5 Å². The Kier molecular flexibility index (Phi) is 3.49. The highest BCUT2D eigenvalue weighted by molar-refractivity contribution is 8.04. The van der Waals surface area contributed by atoms with Crippen LogP contribution in [-0.4, -0.2) is 26.8 Å². The van der Waals surface area contributed by atoms with E-state index in [-0.39, 0.29) is 4.93 Å². The molecule has 1 nitrogen and oxygen atoms in total. The van der Waals surface area contributed by atoms with Crippen molar-refractivity contribution in [1.82, 2.24) is 0 Å². The zero-order valence-electron chi connectivity index (χ0n) is 8.00. The summed E-state index contributed by atoms with van der Waals surface area (Å²) >= 11 is 3.80. The van der Waals surface area contributed by atoms with E-state index in [1.54, 1.807) is 11.8 Å². The molecule has 0 saturated carbocycles. The highest BCUT2D eigenvalue weighted by Gasteiger charge is 2.39. The van der Waals surface area contributed by atoms with E-state index in [1.807, 2.05) is 11.8 Å². The van der Waals surface area contributed by atoms with Gasteiger partial charge in [0.25, 0.3) is 0 Å². The Bertz CT molecular complexity index is 160. The Labute approximate surface area is 89.1 Å². The maximum Gasteiger partial charge on any atom is 0.122 e. The zero-order valence-corrected chi connectivity index (χ0v) is 9.63. The van der Waals surface area contributed by atoms with Crippen LogP contribution in [0.15, 0.2) is 0 Å². The lowest BCUT2D eigenvalue weighted by Gasteiger charge is -2.39. The third kappa shape index (κ3) is 2.37. The molecule has 2 unspecified atom stereocenters. The fraction of sp³-hybridized carbons (Fsp3) is 1.00. The van der Waals surface area contributed by atoms with Gasteiger partial charge >= 0.3 is 0 Å². The van der Waals surface area contributed by atoms with Crippen molar-refractivity contribution in [3.05, 3.63) is 0 Å². The van der Waals surface area contributed by atoms with E-state index in [0.717, 1.165) is 12.2 Å². The van der Waals surface area contributed by atoms with Crippen LogP contribution in [0.3, 0.4) is 0 Å². The van der Waals surface area contributed by atoms with Crippen molar-refractivity contribution in [2.24, 2.45) is 0 Å². The van der Waals surface area contributed by atoms with Crippen molar-refractivity contribution in [2.45, 2.75) is 48.7 Å². The molecule has 2 heterocycles. The van der Waals surface area contributed by atoms with Gasteiger partial charge in [0.15, 0.2) is 0 Å². The fourth-order valence-corrected chi connectivity index (χ4v) is 5.22. The van der Waals surface area contributed by atoms with Crippen LogP contribution in [-0.2, 0) is 0 Å². The lowest BCUT2D eigenvalue weighted by Crippen LogP contribution is -2.40. The van der Waals surface area contributed by atoms with Crippen LogP contribution in [0, 0.1) is 0 Å². The molecule has 3 heteroatoms. The first kappa shape index (κ1) is 10.2. The minimum absolute atomic E-state index is 0.372. The number of hydrogen-bond donors (Lipinski definition) is 1. The average Bonchev–Trinajstić information content (AvgIpc) is 2.20. The van der Waals surface area contributed by atoms with Gasteiger partial charge in [-0.25, -0.2) is 0 Å². The minimum atomic E-state index is -0.372. The van der Waals surface area contributed by atoms with Gasteiger partial charge in [-0.3, -0.25) is 0 Å². The van der Waals surface area contributed by atoms with Crippen molar-refractivity contribution in [3.8, 4) is 0 Å². The zero-order chi connectivity index (χ0) is 9.15. The summed E-state index contributed by atoms with van der Waals surface area (Å²) in [6, 6.07) is 0. The van der Waals surface area contributed by atoms with Crippen molar-refractivity contribution in [1.29, 1.82) is 0 Å². The fourth-order valence-electron chi connectivity index (χ4n) is 2.15. The van der Waals surface area contributed by atoms with Crippen LogP contribution in [0.25, 0.3) is 0 Å². The molecule has 0 bridgehead atoms. The molecule has 2 rings (SSSR count). The van der Waals surface area contributed by atoms with Gasteiger partial charge in [-0.15, -0.1) is 11.8 Å². The van der Waals surface area contributed by atoms with E-state index in [9.17, 15) is 5.11 Å². The molecule has 0 spiro atoms. The van der Waals surface area contributed by atoms with E-state index >= 15 is 0 Å². The van der Waals surface area contributed by atoms with Crippen molar-refractivity contribution in [2.75, 3.05) is 11.5 Å². The molecule has 13 heavy (non-hydrogen) atoms. The normalized spacial score (nSPS) is 41.8. The highest BCUT2D eigenvalue weighted by atomic mass is 32.2. The summed E-state index contributed by atoms with van der Waals surface area (Å²) in [5.41, 5.74) is 0. The monoisotopic (exact) mass is 218 g/mol. The third-order valence-corrected chi connectivity index (χ3v) is 6.15. The quantitative estimate of drug-likeness (QED) is 0.731. The molecule has 0 aliphatic carbocycles. The first-order valence-corrected chi connectivity index (χ1v) is 7.33. The molecule has 1 N–H and O–H groups in total. The number of thioether (sulfide) groups is 2. The second-order valence-corrected chi connectivity index (χ2v) is 6.72. The second-order valence-electron chi connectivity index (χ2n) is 4.01. The second kappa shape index (κ2) is 4.45. The van der Waals surface area contributed by atoms with Gasteiger partial charge in [0.05, 0.1) is 0 Å². The van der Waals surface area contributed by atoms with Gasteiger partial charge in [-0.2, -0.15) is 11.8 Å². The molecule has 0 aromatic heterocycles. The highest BCUT2D eigenvalue weighted by Crippen LogP contribution is 2.45. The van der Waals surface area contributed by atoms with Crippen LogP contribution in [0.2, 0.25) is 0 Å². The molecular weight excluding hydrogens is 200 g/mol. The first-order valence-electron chi connectivity index (χ1n) is 5.29. The van der Waals surface area contributed by atoms with Crippen LogP contribution < -0.4 is 0 Å². The molecule has 0 aromatic rings. The number of hydrogen-bond acceptors (Lipinski definition) is 3. The van der Waals surface area contributed by atoms with Gasteiger partial charge < -0.3 is 5.11 Å². The molecular formula is C10H18OS2. The van der Waals surface area contributed by atoms with Gasteiger partial charge in [0.1, 0.15) is 4.93 Å². The van der Waals surface area contributed by atoms with E-state index in [1.165, 1.54) is 37.9 Å². The lowest BCUT2D eigenvalue weighted by atomic mass is 10.0. The topological polar surface area (TPSA) is 20.2 Å². The van der Waals surface area contributed by atoms with Crippen LogP contribution in [0.5, 0.6) is 0 Å². The Morgan fingerprint density at radius 1 is 1.08 bits per heavy atom. The molecule has 2 atom stereocenters. The summed E-state index contributed by atoms with van der Waals surface area (Å²) in [6.07, 6.45) is 7.44. The van der Waals surface area contributed by atoms with E-state index in [0.29, 0.717) is 5.25 Å². The predicted octanol–water partition coefficient (Wildman–Crippen LogP) is 2.88. The van der Waals surface area contributed by atoms with Crippen molar-refractivity contribution >= 4 is 23.5 Å². The summed E-state index contributed by atoms with van der Waals surface area (Å²) in [5, 5.41) is 11.0. The third-order valence-electron chi connectivity index (χ3n) is 2.96. The summed E-state index contributed by atoms with van der Waals surface area (Å²) in [6.45, 7) is 0. The average molecular weight is 218 g/mol. The molecule has 2 fully saturated rings. The van der Waals surface area contributed by atoms with Crippen molar-refractivity contribution in [3.63, 3.8) is 0 Å². The standard InChI is InChI=1S/C10H18OS2/c11-10(6-2-4-8-13-10)9-5-1-3-7-12-9/h9,11H,1-8H2. The predicted molar refractivity (Wildman–Crippen MR) is 61.4 cm³/mol. The molecule has 2 aliphatic heterocycles. The molecule has 0 aromatic carbocycles. The van der Waals surface area contributed by atoms with Crippen LogP contribution in [0.1, 0.15) is 38.5 Å². The summed E-state index contributed by atoms with van der Waals surface area (Å²) < 4.78 is 0. The van der Waals surface area contributed by atoms with Crippen LogP contribution in [0.4, 0.5) is 0 Å². The Hall–Kier alpha value is 0.660.